The molecule has 2 aromatic carbocycles. The van der Waals surface area contributed by atoms with Crippen molar-refractivity contribution in [3.8, 4) is 11.5 Å². The number of ether oxygens (including phenoxy) is 2. The van der Waals surface area contributed by atoms with Gasteiger partial charge in [0.2, 0.25) is 0 Å². The molecule has 0 N–H and O–H groups in total. The highest BCUT2D eigenvalue weighted by molar-refractivity contribution is 7.89. The Morgan fingerprint density at radius 3 is 2.61 bits per heavy atom. The minimum absolute atomic E-state index is 0.0821. The minimum atomic E-state index is -3.16. The van der Waals surface area contributed by atoms with Crippen molar-refractivity contribution in [2.75, 3.05) is 27.0 Å². The summed E-state index contributed by atoms with van der Waals surface area (Å²) in [4.78, 5) is 15.0. The van der Waals surface area contributed by atoms with Crippen LogP contribution in [0.15, 0.2) is 42.5 Å². The zero-order valence-corrected chi connectivity index (χ0v) is 17.2. The lowest BCUT2D eigenvalue weighted by Gasteiger charge is -2.27. The third-order valence-electron chi connectivity index (χ3n) is 4.91. The van der Waals surface area contributed by atoms with Crippen LogP contribution in [0.3, 0.4) is 0 Å². The number of likely N-dealkylation sites (tertiary alicyclic amines) is 1. The molecule has 0 aliphatic carbocycles. The molecule has 1 heterocycles. The summed E-state index contributed by atoms with van der Waals surface area (Å²) < 4.78 is 34.0. The molecular weight excluding hydrogens is 378 g/mol. The van der Waals surface area contributed by atoms with Gasteiger partial charge in [0.1, 0.15) is 11.5 Å². The Balaban J connectivity index is 1.91. The van der Waals surface area contributed by atoms with E-state index in [9.17, 15) is 13.2 Å². The molecule has 1 atom stereocenters. The number of carbonyl (C=O) groups excluding carboxylic acids is 1. The van der Waals surface area contributed by atoms with Gasteiger partial charge in [0, 0.05) is 23.9 Å². The van der Waals surface area contributed by atoms with Gasteiger partial charge in [-0.15, -0.1) is 0 Å². The summed E-state index contributed by atoms with van der Waals surface area (Å²) in [5.41, 5.74) is 2.03. The van der Waals surface area contributed by atoms with Crippen molar-refractivity contribution in [1.82, 2.24) is 4.90 Å². The topological polar surface area (TPSA) is 72.9 Å². The van der Waals surface area contributed by atoms with E-state index in [1.807, 2.05) is 23.1 Å². The first-order valence-corrected chi connectivity index (χ1v) is 11.2. The van der Waals surface area contributed by atoms with Gasteiger partial charge in [0.05, 0.1) is 26.0 Å². The molecule has 6 nitrogen and oxygen atoms in total. The van der Waals surface area contributed by atoms with E-state index in [0.717, 1.165) is 24.2 Å². The zero-order chi connectivity index (χ0) is 20.3. The van der Waals surface area contributed by atoms with Crippen molar-refractivity contribution in [2.45, 2.75) is 24.6 Å². The first-order valence-electron chi connectivity index (χ1n) is 9.12. The molecule has 0 aromatic heterocycles. The first kappa shape index (κ1) is 20.2. The molecule has 1 amide bonds. The number of nitrogens with zero attached hydrogens (tertiary/aromatic N) is 1. The average molecular weight is 404 g/mol. The molecule has 7 heteroatoms. The van der Waals surface area contributed by atoms with Crippen LogP contribution in [-0.4, -0.2) is 46.2 Å². The summed E-state index contributed by atoms with van der Waals surface area (Å²) in [5, 5.41) is 0. The van der Waals surface area contributed by atoms with Gasteiger partial charge >= 0.3 is 0 Å². The summed E-state index contributed by atoms with van der Waals surface area (Å²) >= 11 is 0. The SMILES string of the molecule is COc1ccc(OC)c(C2CCCN2C(=O)c2cccc(CS(C)(=O)=O)c2)c1. The van der Waals surface area contributed by atoms with Crippen molar-refractivity contribution in [1.29, 1.82) is 0 Å². The average Bonchev–Trinajstić information content (AvgIpc) is 3.15. The van der Waals surface area contributed by atoms with Crippen molar-refractivity contribution in [3.05, 3.63) is 59.2 Å². The summed E-state index contributed by atoms with van der Waals surface area (Å²) in [5.74, 6) is 1.24. The third-order valence-corrected chi connectivity index (χ3v) is 5.77. The van der Waals surface area contributed by atoms with E-state index >= 15 is 0 Å². The highest BCUT2D eigenvalue weighted by Crippen LogP contribution is 2.39. The molecular formula is C21H25NO5S. The second-order valence-corrected chi connectivity index (χ2v) is 9.18. The summed E-state index contributed by atoms with van der Waals surface area (Å²) in [6.45, 7) is 0.639. The number of benzene rings is 2. The normalized spacial score (nSPS) is 16.8. The molecule has 2 aromatic rings. The largest absolute Gasteiger partial charge is 0.497 e. The van der Waals surface area contributed by atoms with Gasteiger partial charge in [-0.05, 0) is 48.7 Å². The maximum Gasteiger partial charge on any atom is 0.254 e. The molecule has 28 heavy (non-hydrogen) atoms. The Labute approximate surface area is 166 Å². The fraction of sp³-hybridized carbons (Fsp3) is 0.381. The Kier molecular flexibility index (Phi) is 5.93. The van der Waals surface area contributed by atoms with E-state index in [4.69, 9.17) is 9.47 Å². The maximum absolute atomic E-state index is 13.2. The highest BCUT2D eigenvalue weighted by atomic mass is 32.2. The molecule has 1 fully saturated rings. The van der Waals surface area contributed by atoms with Crippen molar-refractivity contribution in [2.24, 2.45) is 0 Å². The van der Waals surface area contributed by atoms with E-state index in [2.05, 4.69) is 0 Å². The monoisotopic (exact) mass is 403 g/mol. The number of hydrogen-bond donors (Lipinski definition) is 0. The van der Waals surface area contributed by atoms with Crippen LogP contribution < -0.4 is 9.47 Å². The molecule has 0 spiro atoms. The number of methoxy groups -OCH3 is 2. The van der Waals surface area contributed by atoms with Gasteiger partial charge in [0.25, 0.3) is 5.91 Å². The van der Waals surface area contributed by atoms with E-state index in [1.54, 1.807) is 38.5 Å². The summed E-state index contributed by atoms with van der Waals surface area (Å²) in [6.07, 6.45) is 2.91. The number of hydrogen-bond acceptors (Lipinski definition) is 5. The predicted octanol–water partition coefficient (Wildman–Crippen LogP) is 3.23. The van der Waals surface area contributed by atoms with Gasteiger partial charge in [0.15, 0.2) is 9.84 Å². The lowest BCUT2D eigenvalue weighted by molar-refractivity contribution is 0.0734. The standard InChI is InChI=1S/C21H25NO5S/c1-26-17-9-10-20(27-2)18(13-17)19-8-5-11-22(19)21(23)16-7-4-6-15(12-16)14-28(3,24)25/h4,6-7,9-10,12-13,19H,5,8,11,14H2,1-3H3. The number of carbonyl (C=O) groups is 1. The Morgan fingerprint density at radius 2 is 1.93 bits per heavy atom. The summed E-state index contributed by atoms with van der Waals surface area (Å²) in [7, 11) is 0.0553. The van der Waals surface area contributed by atoms with Crippen LogP contribution >= 0.6 is 0 Å². The van der Waals surface area contributed by atoms with Gasteiger partial charge in [-0.2, -0.15) is 0 Å². The van der Waals surface area contributed by atoms with Crippen LogP contribution in [0.2, 0.25) is 0 Å². The van der Waals surface area contributed by atoms with Gasteiger partial charge in [-0.3, -0.25) is 4.79 Å². The van der Waals surface area contributed by atoms with Crippen LogP contribution in [0.25, 0.3) is 0 Å². The van der Waals surface area contributed by atoms with Crippen LogP contribution in [0.4, 0.5) is 0 Å². The zero-order valence-electron chi connectivity index (χ0n) is 16.3. The van der Waals surface area contributed by atoms with Crippen molar-refractivity contribution < 1.29 is 22.7 Å². The molecule has 1 unspecified atom stereocenters. The van der Waals surface area contributed by atoms with E-state index in [1.165, 1.54) is 6.26 Å². The van der Waals surface area contributed by atoms with Crippen molar-refractivity contribution in [3.63, 3.8) is 0 Å². The fourth-order valence-electron chi connectivity index (χ4n) is 3.70. The van der Waals surface area contributed by atoms with Crippen LogP contribution in [0.5, 0.6) is 11.5 Å². The first-order chi connectivity index (χ1) is 13.3. The quantitative estimate of drug-likeness (QED) is 0.740. The van der Waals surface area contributed by atoms with E-state index < -0.39 is 9.84 Å². The minimum Gasteiger partial charge on any atom is -0.497 e. The summed E-state index contributed by atoms with van der Waals surface area (Å²) in [6, 6.07) is 12.3. The van der Waals surface area contributed by atoms with Crippen LogP contribution in [0, 0.1) is 0 Å². The molecule has 1 aliphatic heterocycles. The van der Waals surface area contributed by atoms with Crippen LogP contribution in [0.1, 0.15) is 40.4 Å². The van der Waals surface area contributed by atoms with Gasteiger partial charge in [-0.25, -0.2) is 8.42 Å². The molecule has 150 valence electrons. The number of amides is 1. The van der Waals surface area contributed by atoms with Crippen molar-refractivity contribution >= 4 is 15.7 Å². The fourth-order valence-corrected chi connectivity index (χ4v) is 4.48. The van der Waals surface area contributed by atoms with E-state index in [-0.39, 0.29) is 17.7 Å². The lowest BCUT2D eigenvalue weighted by Crippen LogP contribution is -2.30. The second kappa shape index (κ2) is 8.22. The molecule has 0 bridgehead atoms. The molecule has 1 aliphatic rings. The van der Waals surface area contributed by atoms with Crippen LogP contribution in [-0.2, 0) is 15.6 Å². The smallest absolute Gasteiger partial charge is 0.254 e. The highest BCUT2D eigenvalue weighted by Gasteiger charge is 2.32. The van der Waals surface area contributed by atoms with Gasteiger partial charge in [-0.1, -0.05) is 12.1 Å². The Bertz CT molecular complexity index is 971. The van der Waals surface area contributed by atoms with E-state index in [0.29, 0.717) is 23.4 Å². The predicted molar refractivity (Wildman–Crippen MR) is 108 cm³/mol. The number of rotatable bonds is 6. The third kappa shape index (κ3) is 4.47. The van der Waals surface area contributed by atoms with Gasteiger partial charge < -0.3 is 14.4 Å². The second-order valence-electron chi connectivity index (χ2n) is 7.03. The Morgan fingerprint density at radius 1 is 1.14 bits per heavy atom. The Hall–Kier alpha value is -2.54. The molecule has 0 radical (unpaired) electrons. The lowest BCUT2D eigenvalue weighted by atomic mass is 10.0. The molecule has 0 saturated carbocycles. The molecule has 3 rings (SSSR count). The number of sulfone groups is 1. The maximum atomic E-state index is 13.2. The molecule has 1 saturated heterocycles.